The van der Waals surface area contributed by atoms with Gasteiger partial charge in [0.25, 0.3) is 5.91 Å². The summed E-state index contributed by atoms with van der Waals surface area (Å²) in [6.45, 7) is 15.1. The molecule has 2 N–H and O–H groups in total. The standard InChI is InChI=1S/C22H37N5O.HI/c1-7-26(8-2)21(28)19-11-9-18(10-12-19)13-24-22(23-6)25-20-15-27(16(3)4)14-17(20)5;/h9-12,16-17,20H,7-8,13-15H2,1-6H3,(H2,23,24,25);1H. The van der Waals surface area contributed by atoms with Gasteiger partial charge in [-0.05, 0) is 51.3 Å². The highest BCUT2D eigenvalue weighted by molar-refractivity contribution is 14.0. The molecule has 1 saturated heterocycles. The predicted octanol–water partition coefficient (Wildman–Crippen LogP) is 3.18. The molecule has 2 atom stereocenters. The minimum absolute atomic E-state index is 0. The average Bonchev–Trinajstić information content (AvgIpc) is 3.07. The largest absolute Gasteiger partial charge is 0.352 e. The highest BCUT2D eigenvalue weighted by atomic mass is 127. The first kappa shape index (κ1) is 25.7. The zero-order valence-corrected chi connectivity index (χ0v) is 21.1. The van der Waals surface area contributed by atoms with Gasteiger partial charge in [0.15, 0.2) is 5.96 Å². The second-order valence-electron chi connectivity index (χ2n) is 7.88. The van der Waals surface area contributed by atoms with Gasteiger partial charge in [0.05, 0.1) is 0 Å². The number of carbonyl (C=O) groups excluding carboxylic acids is 1. The Kier molecular flexibility index (Phi) is 11.0. The summed E-state index contributed by atoms with van der Waals surface area (Å²) in [6, 6.07) is 8.82. The van der Waals surface area contributed by atoms with Crippen LogP contribution >= 0.6 is 24.0 Å². The summed E-state index contributed by atoms with van der Waals surface area (Å²) in [5.41, 5.74) is 1.87. The Hall–Kier alpha value is -1.35. The molecule has 0 spiro atoms. The number of carbonyl (C=O) groups is 1. The molecule has 0 saturated carbocycles. The summed E-state index contributed by atoms with van der Waals surface area (Å²) in [6.07, 6.45) is 0. The number of hydrogen-bond acceptors (Lipinski definition) is 3. The van der Waals surface area contributed by atoms with E-state index in [2.05, 4.69) is 41.3 Å². The first-order chi connectivity index (χ1) is 13.4. The van der Waals surface area contributed by atoms with Crippen molar-refractivity contribution in [1.82, 2.24) is 20.4 Å². The van der Waals surface area contributed by atoms with Gasteiger partial charge in [-0.3, -0.25) is 14.7 Å². The molecule has 0 bridgehead atoms. The highest BCUT2D eigenvalue weighted by Crippen LogP contribution is 2.18. The van der Waals surface area contributed by atoms with E-state index in [0.717, 1.165) is 43.3 Å². The second kappa shape index (κ2) is 12.4. The second-order valence-corrected chi connectivity index (χ2v) is 7.88. The molecule has 1 aromatic rings. The van der Waals surface area contributed by atoms with Crippen LogP contribution in [0.1, 0.15) is 50.5 Å². The Morgan fingerprint density at radius 2 is 1.83 bits per heavy atom. The number of amides is 1. The maximum atomic E-state index is 12.4. The molecule has 1 fully saturated rings. The topological polar surface area (TPSA) is 60.0 Å². The maximum Gasteiger partial charge on any atom is 0.253 e. The van der Waals surface area contributed by atoms with Crippen molar-refractivity contribution in [3.8, 4) is 0 Å². The average molecular weight is 515 g/mol. The normalized spacial score (nSPS) is 19.8. The van der Waals surface area contributed by atoms with E-state index in [1.807, 2.05) is 43.0 Å². The van der Waals surface area contributed by atoms with Gasteiger partial charge in [-0.15, -0.1) is 24.0 Å². The number of guanidine groups is 1. The minimum atomic E-state index is 0. The lowest BCUT2D eigenvalue weighted by Gasteiger charge is -2.22. The monoisotopic (exact) mass is 515 g/mol. The van der Waals surface area contributed by atoms with Crippen LogP contribution in [0.5, 0.6) is 0 Å². The first-order valence-electron chi connectivity index (χ1n) is 10.5. The molecule has 29 heavy (non-hydrogen) atoms. The molecular formula is C22H38IN5O. The number of likely N-dealkylation sites (tertiary alicyclic amines) is 1. The Morgan fingerprint density at radius 3 is 2.31 bits per heavy atom. The summed E-state index contributed by atoms with van der Waals surface area (Å²) < 4.78 is 0. The summed E-state index contributed by atoms with van der Waals surface area (Å²) in [4.78, 5) is 21.1. The van der Waals surface area contributed by atoms with Gasteiger partial charge in [0.1, 0.15) is 0 Å². The highest BCUT2D eigenvalue weighted by Gasteiger charge is 2.31. The fourth-order valence-electron chi connectivity index (χ4n) is 3.63. The van der Waals surface area contributed by atoms with E-state index >= 15 is 0 Å². The molecule has 0 aliphatic carbocycles. The summed E-state index contributed by atoms with van der Waals surface area (Å²) in [5, 5.41) is 6.96. The number of aliphatic imine (C=N–C) groups is 1. The Balaban J connectivity index is 0.00000420. The van der Waals surface area contributed by atoms with Crippen LogP contribution in [0.15, 0.2) is 29.3 Å². The number of rotatable bonds is 7. The Morgan fingerprint density at radius 1 is 1.21 bits per heavy atom. The molecule has 6 nitrogen and oxygen atoms in total. The van der Waals surface area contributed by atoms with Crippen LogP contribution in [0.25, 0.3) is 0 Å². The van der Waals surface area contributed by atoms with Gasteiger partial charge in [0, 0.05) is 57.4 Å². The third-order valence-electron chi connectivity index (χ3n) is 5.63. The van der Waals surface area contributed by atoms with Crippen molar-refractivity contribution < 1.29 is 4.79 Å². The van der Waals surface area contributed by atoms with Gasteiger partial charge >= 0.3 is 0 Å². The molecule has 1 aliphatic rings. The molecule has 1 aromatic carbocycles. The number of benzene rings is 1. The number of nitrogens with one attached hydrogen (secondary N) is 2. The van der Waals surface area contributed by atoms with Gasteiger partial charge in [0.2, 0.25) is 0 Å². The van der Waals surface area contributed by atoms with Crippen LogP contribution in [-0.2, 0) is 6.54 Å². The summed E-state index contributed by atoms with van der Waals surface area (Å²) in [5.74, 6) is 1.50. The van der Waals surface area contributed by atoms with Crippen molar-refractivity contribution in [2.75, 3.05) is 33.2 Å². The van der Waals surface area contributed by atoms with E-state index in [9.17, 15) is 4.79 Å². The lowest BCUT2D eigenvalue weighted by molar-refractivity contribution is 0.0773. The number of halogens is 1. The van der Waals surface area contributed by atoms with Crippen LogP contribution < -0.4 is 10.6 Å². The molecular weight excluding hydrogens is 477 g/mol. The van der Waals surface area contributed by atoms with Crippen LogP contribution in [-0.4, -0.2) is 67.0 Å². The van der Waals surface area contributed by atoms with Crippen LogP contribution in [0.3, 0.4) is 0 Å². The van der Waals surface area contributed by atoms with E-state index in [1.54, 1.807) is 7.05 Å². The van der Waals surface area contributed by atoms with Crippen molar-refractivity contribution >= 4 is 35.8 Å². The molecule has 1 heterocycles. The molecule has 2 rings (SSSR count). The molecule has 164 valence electrons. The number of hydrogen-bond donors (Lipinski definition) is 2. The van der Waals surface area contributed by atoms with Gasteiger partial charge in [-0.2, -0.15) is 0 Å². The first-order valence-corrected chi connectivity index (χ1v) is 10.5. The molecule has 7 heteroatoms. The van der Waals surface area contributed by atoms with Crippen LogP contribution in [0.2, 0.25) is 0 Å². The fourth-order valence-corrected chi connectivity index (χ4v) is 3.63. The van der Waals surface area contributed by atoms with E-state index in [4.69, 9.17) is 0 Å². The van der Waals surface area contributed by atoms with E-state index in [1.165, 1.54) is 0 Å². The quantitative estimate of drug-likeness (QED) is 0.333. The minimum Gasteiger partial charge on any atom is -0.352 e. The van der Waals surface area contributed by atoms with E-state index in [0.29, 0.717) is 24.5 Å². The molecule has 0 aromatic heterocycles. The van der Waals surface area contributed by atoms with Crippen molar-refractivity contribution in [3.63, 3.8) is 0 Å². The van der Waals surface area contributed by atoms with Gasteiger partial charge in [-0.25, -0.2) is 0 Å². The Labute approximate surface area is 193 Å². The van der Waals surface area contributed by atoms with Crippen molar-refractivity contribution in [1.29, 1.82) is 0 Å². The molecule has 0 radical (unpaired) electrons. The van der Waals surface area contributed by atoms with E-state index in [-0.39, 0.29) is 29.9 Å². The van der Waals surface area contributed by atoms with Crippen molar-refractivity contribution in [2.45, 2.75) is 53.2 Å². The zero-order valence-electron chi connectivity index (χ0n) is 18.7. The van der Waals surface area contributed by atoms with Crippen molar-refractivity contribution in [3.05, 3.63) is 35.4 Å². The van der Waals surface area contributed by atoms with Gasteiger partial charge in [-0.1, -0.05) is 19.1 Å². The predicted molar refractivity (Wildman–Crippen MR) is 132 cm³/mol. The lowest BCUT2D eigenvalue weighted by Crippen LogP contribution is -2.46. The van der Waals surface area contributed by atoms with Crippen molar-refractivity contribution in [2.24, 2.45) is 10.9 Å². The molecule has 1 aliphatic heterocycles. The van der Waals surface area contributed by atoms with Crippen LogP contribution in [0.4, 0.5) is 0 Å². The third kappa shape index (κ3) is 7.13. The third-order valence-corrected chi connectivity index (χ3v) is 5.63. The van der Waals surface area contributed by atoms with Gasteiger partial charge < -0.3 is 15.5 Å². The van der Waals surface area contributed by atoms with E-state index < -0.39 is 0 Å². The SMILES string of the molecule is CCN(CC)C(=O)c1ccc(CNC(=NC)NC2CN(C(C)C)CC2C)cc1.I. The lowest BCUT2D eigenvalue weighted by atomic mass is 10.1. The summed E-state index contributed by atoms with van der Waals surface area (Å²) in [7, 11) is 1.81. The zero-order chi connectivity index (χ0) is 20.7. The molecule has 2 unspecified atom stereocenters. The summed E-state index contributed by atoms with van der Waals surface area (Å²) >= 11 is 0. The Bertz CT molecular complexity index is 658. The smallest absolute Gasteiger partial charge is 0.253 e. The molecule has 1 amide bonds. The fraction of sp³-hybridized carbons (Fsp3) is 0.636. The number of nitrogens with zero attached hydrogens (tertiary/aromatic N) is 3. The van der Waals surface area contributed by atoms with Crippen LogP contribution in [0, 0.1) is 5.92 Å². The maximum absolute atomic E-state index is 12.4.